The van der Waals surface area contributed by atoms with Crippen molar-refractivity contribution in [3.63, 3.8) is 0 Å². The highest BCUT2D eigenvalue weighted by Gasteiger charge is 2.27. The van der Waals surface area contributed by atoms with Crippen LogP contribution in [0.5, 0.6) is 0 Å². The molecule has 0 saturated carbocycles. The maximum absolute atomic E-state index is 13.5. The van der Waals surface area contributed by atoms with Crippen LogP contribution in [0, 0.1) is 9.39 Å². The zero-order valence-corrected chi connectivity index (χ0v) is 18.2. The van der Waals surface area contributed by atoms with Crippen molar-refractivity contribution in [1.29, 1.82) is 0 Å². The van der Waals surface area contributed by atoms with Gasteiger partial charge in [-0.25, -0.2) is 9.18 Å². The van der Waals surface area contributed by atoms with E-state index < -0.39 is 35.7 Å². The van der Waals surface area contributed by atoms with Crippen molar-refractivity contribution in [2.24, 2.45) is 0 Å². The van der Waals surface area contributed by atoms with Crippen LogP contribution < -0.4 is 10.6 Å². The van der Waals surface area contributed by atoms with Crippen LogP contribution in [0.1, 0.15) is 18.1 Å². The van der Waals surface area contributed by atoms with Gasteiger partial charge < -0.3 is 15.4 Å². The normalized spacial score (nSPS) is 12.6. The second-order valence-corrected chi connectivity index (χ2v) is 7.75. The van der Waals surface area contributed by atoms with E-state index in [1.807, 2.05) is 24.3 Å². The molecule has 29 heavy (non-hydrogen) atoms. The molecule has 0 aliphatic heterocycles. The first-order chi connectivity index (χ1) is 13.8. The molecule has 0 saturated heterocycles. The highest BCUT2D eigenvalue weighted by molar-refractivity contribution is 14.1. The number of carbonyl (C=O) groups excluding carboxylic acids is 3. The number of nitrogens with one attached hydrogen (secondary N) is 2. The summed E-state index contributed by atoms with van der Waals surface area (Å²) in [4.78, 5) is 36.6. The third kappa shape index (κ3) is 7.45. The zero-order chi connectivity index (χ0) is 21.4. The number of methoxy groups -OCH3 is 1. The van der Waals surface area contributed by atoms with E-state index in [1.54, 1.807) is 6.07 Å². The Labute approximate surface area is 182 Å². The number of halogens is 2. The average Bonchev–Trinajstić information content (AvgIpc) is 2.67. The monoisotopic (exact) mass is 512 g/mol. The van der Waals surface area contributed by atoms with Crippen LogP contribution in [0.15, 0.2) is 48.5 Å². The Bertz CT molecular complexity index is 873. The Morgan fingerprint density at radius 1 is 1.00 bits per heavy atom. The predicted molar refractivity (Wildman–Crippen MR) is 115 cm³/mol. The van der Waals surface area contributed by atoms with Crippen LogP contribution in [-0.4, -0.2) is 37.0 Å². The van der Waals surface area contributed by atoms with Crippen LogP contribution >= 0.6 is 22.6 Å². The Hall–Kier alpha value is -2.49. The molecule has 0 spiro atoms. The van der Waals surface area contributed by atoms with E-state index in [4.69, 9.17) is 4.74 Å². The Morgan fingerprint density at radius 2 is 1.66 bits per heavy atom. The van der Waals surface area contributed by atoms with Crippen LogP contribution in [0.2, 0.25) is 0 Å². The van der Waals surface area contributed by atoms with E-state index >= 15 is 0 Å². The lowest BCUT2D eigenvalue weighted by molar-refractivity contribution is -0.145. The number of benzene rings is 2. The van der Waals surface area contributed by atoms with Crippen LogP contribution in [0.4, 0.5) is 4.39 Å². The van der Waals surface area contributed by atoms with Gasteiger partial charge in [0.25, 0.3) is 0 Å². The van der Waals surface area contributed by atoms with Gasteiger partial charge >= 0.3 is 5.97 Å². The Morgan fingerprint density at radius 3 is 2.24 bits per heavy atom. The van der Waals surface area contributed by atoms with Gasteiger partial charge in [-0.2, -0.15) is 0 Å². The molecule has 0 bridgehead atoms. The van der Waals surface area contributed by atoms with Crippen molar-refractivity contribution in [3.05, 3.63) is 69.0 Å². The molecule has 0 aliphatic rings. The van der Waals surface area contributed by atoms with Crippen molar-refractivity contribution in [3.8, 4) is 0 Å². The summed E-state index contributed by atoms with van der Waals surface area (Å²) < 4.78 is 19.3. The lowest BCUT2D eigenvalue weighted by Gasteiger charge is -2.22. The molecule has 0 aromatic heterocycles. The first-order valence-corrected chi connectivity index (χ1v) is 10.0. The third-order valence-corrected chi connectivity index (χ3v) is 4.90. The molecule has 2 amide bonds. The van der Waals surface area contributed by atoms with E-state index in [9.17, 15) is 18.8 Å². The summed E-state index contributed by atoms with van der Waals surface area (Å²) in [6.45, 7) is 1.29. The van der Waals surface area contributed by atoms with Gasteiger partial charge in [0.2, 0.25) is 11.8 Å². The number of carbonyl (C=O) groups is 3. The van der Waals surface area contributed by atoms with Gasteiger partial charge in [0.15, 0.2) is 0 Å². The predicted octanol–water partition coefficient (Wildman–Crippen LogP) is 2.38. The van der Waals surface area contributed by atoms with Gasteiger partial charge in [0, 0.05) is 23.3 Å². The zero-order valence-electron chi connectivity index (χ0n) is 16.1. The maximum Gasteiger partial charge on any atom is 0.328 e. The van der Waals surface area contributed by atoms with E-state index in [-0.39, 0.29) is 12.8 Å². The fraction of sp³-hybridized carbons (Fsp3) is 0.286. The van der Waals surface area contributed by atoms with Crippen molar-refractivity contribution in [2.75, 3.05) is 7.11 Å². The van der Waals surface area contributed by atoms with E-state index in [0.717, 1.165) is 9.13 Å². The third-order valence-electron chi connectivity index (χ3n) is 4.18. The van der Waals surface area contributed by atoms with Crippen molar-refractivity contribution in [1.82, 2.24) is 10.6 Å². The molecule has 154 valence electrons. The summed E-state index contributed by atoms with van der Waals surface area (Å²) >= 11 is 2.17. The molecule has 2 N–H and O–H groups in total. The minimum atomic E-state index is -0.960. The van der Waals surface area contributed by atoms with Crippen molar-refractivity contribution < 1.29 is 23.5 Å². The van der Waals surface area contributed by atoms with E-state index in [2.05, 4.69) is 33.2 Å². The molecular weight excluding hydrogens is 490 g/mol. The van der Waals surface area contributed by atoms with Crippen molar-refractivity contribution in [2.45, 2.75) is 31.8 Å². The molecule has 0 unspecified atom stereocenters. The molecule has 0 radical (unpaired) electrons. The first kappa shape index (κ1) is 22.8. The minimum Gasteiger partial charge on any atom is -0.467 e. The Kier molecular flexibility index (Phi) is 8.56. The van der Waals surface area contributed by atoms with Crippen LogP contribution in [0.25, 0.3) is 0 Å². The van der Waals surface area contributed by atoms with Gasteiger partial charge in [0.1, 0.15) is 17.9 Å². The summed E-state index contributed by atoms with van der Waals surface area (Å²) in [5.74, 6) is -1.99. The number of hydrogen-bond donors (Lipinski definition) is 2. The molecule has 2 atom stereocenters. The topological polar surface area (TPSA) is 84.5 Å². The highest BCUT2D eigenvalue weighted by Crippen LogP contribution is 2.11. The number of hydrogen-bond acceptors (Lipinski definition) is 4. The van der Waals surface area contributed by atoms with Gasteiger partial charge in [-0.15, -0.1) is 0 Å². The number of ether oxygens (including phenoxy) is 1. The fourth-order valence-corrected chi connectivity index (χ4v) is 3.18. The second-order valence-electron chi connectivity index (χ2n) is 6.50. The maximum atomic E-state index is 13.5. The number of amides is 2. The summed E-state index contributed by atoms with van der Waals surface area (Å²) in [5.41, 5.74) is 1.40. The lowest BCUT2D eigenvalue weighted by atomic mass is 10.0. The smallest absolute Gasteiger partial charge is 0.328 e. The SMILES string of the molecule is COC(=O)[C@@H](Cc1ccc(I)cc1)NC(=O)[C@@H](Cc1cccc(F)c1)NC(C)=O. The lowest BCUT2D eigenvalue weighted by Crippen LogP contribution is -2.53. The molecule has 0 fully saturated rings. The number of rotatable bonds is 8. The average molecular weight is 512 g/mol. The van der Waals surface area contributed by atoms with E-state index in [0.29, 0.717) is 5.56 Å². The van der Waals surface area contributed by atoms with Crippen LogP contribution in [-0.2, 0) is 32.0 Å². The van der Waals surface area contributed by atoms with Gasteiger partial charge in [-0.3, -0.25) is 9.59 Å². The number of esters is 1. The van der Waals surface area contributed by atoms with E-state index in [1.165, 1.54) is 32.2 Å². The molecule has 0 aliphatic carbocycles. The largest absolute Gasteiger partial charge is 0.467 e. The Balaban J connectivity index is 2.16. The van der Waals surface area contributed by atoms with Gasteiger partial charge in [-0.05, 0) is 58.0 Å². The summed E-state index contributed by atoms with van der Waals surface area (Å²) in [6, 6.07) is 11.4. The minimum absolute atomic E-state index is 0.0839. The summed E-state index contributed by atoms with van der Waals surface area (Å²) in [7, 11) is 1.24. The van der Waals surface area contributed by atoms with Gasteiger partial charge in [0.05, 0.1) is 7.11 Å². The molecule has 2 aromatic rings. The first-order valence-electron chi connectivity index (χ1n) is 8.92. The molecular formula is C21H22FIN2O4. The molecule has 6 nitrogen and oxygen atoms in total. The van der Waals surface area contributed by atoms with Crippen molar-refractivity contribution >= 4 is 40.4 Å². The van der Waals surface area contributed by atoms with Gasteiger partial charge in [-0.1, -0.05) is 24.3 Å². The fourth-order valence-electron chi connectivity index (χ4n) is 2.82. The highest BCUT2D eigenvalue weighted by atomic mass is 127. The molecule has 2 rings (SSSR count). The molecule has 0 heterocycles. The quantitative estimate of drug-likeness (QED) is 0.421. The second kappa shape index (κ2) is 10.9. The molecule has 8 heteroatoms. The van der Waals surface area contributed by atoms with Crippen LogP contribution in [0.3, 0.4) is 0 Å². The molecule has 2 aromatic carbocycles. The summed E-state index contributed by atoms with van der Waals surface area (Å²) in [5, 5.41) is 5.20. The standard InChI is InChI=1S/C21H22FIN2O4/c1-13(26)24-18(12-15-4-3-5-16(22)10-15)20(27)25-19(21(28)29-2)11-14-6-8-17(23)9-7-14/h3-10,18-19H,11-12H2,1-2H3,(H,24,26)(H,25,27)/t18-,19-/m1/s1. The summed E-state index contributed by atoms with van der Waals surface area (Å²) in [6.07, 6.45) is 0.322.